The van der Waals surface area contributed by atoms with E-state index in [0.717, 1.165) is 17.0 Å². The highest BCUT2D eigenvalue weighted by atomic mass is 19.1. The number of anilines is 2. The summed E-state index contributed by atoms with van der Waals surface area (Å²) in [5.41, 5.74) is 1.79. The number of carbonyl (C=O) groups excluding carboxylic acids is 1. The monoisotopic (exact) mass is 352 g/mol. The number of nitrogens with one attached hydrogen (secondary N) is 2. The van der Waals surface area contributed by atoms with Gasteiger partial charge < -0.3 is 15.4 Å². The molecule has 3 aromatic rings. The second-order valence-corrected chi connectivity index (χ2v) is 5.47. The fraction of sp³-hybridized carbons (Fsp3) is 0.105. The summed E-state index contributed by atoms with van der Waals surface area (Å²) in [5, 5.41) is 13.7. The Bertz CT molecular complexity index is 883. The van der Waals surface area contributed by atoms with E-state index in [4.69, 9.17) is 4.74 Å². The third kappa shape index (κ3) is 4.54. The molecule has 1 heterocycles. The van der Waals surface area contributed by atoms with Crippen molar-refractivity contribution in [3.63, 3.8) is 0 Å². The van der Waals surface area contributed by atoms with Gasteiger partial charge in [0.05, 0.1) is 7.11 Å². The number of benzene rings is 2. The molecule has 26 heavy (non-hydrogen) atoms. The van der Waals surface area contributed by atoms with Crippen LogP contribution in [0.4, 0.5) is 15.9 Å². The Hall–Kier alpha value is -3.48. The zero-order chi connectivity index (χ0) is 18.4. The molecule has 0 aliphatic heterocycles. The molecule has 2 N–H and O–H groups in total. The van der Waals surface area contributed by atoms with Gasteiger partial charge in [-0.3, -0.25) is 4.79 Å². The van der Waals surface area contributed by atoms with Crippen molar-refractivity contribution in [2.24, 2.45) is 0 Å². The number of methoxy groups -OCH3 is 1. The van der Waals surface area contributed by atoms with E-state index < -0.39 is 0 Å². The lowest BCUT2D eigenvalue weighted by molar-refractivity contribution is 0.0945. The molecule has 0 saturated carbocycles. The van der Waals surface area contributed by atoms with Gasteiger partial charge in [-0.15, -0.1) is 10.2 Å². The Balaban J connectivity index is 1.59. The third-order valence-electron chi connectivity index (χ3n) is 3.61. The first-order valence-electron chi connectivity index (χ1n) is 7.91. The lowest BCUT2D eigenvalue weighted by Crippen LogP contribution is -2.24. The van der Waals surface area contributed by atoms with Crippen molar-refractivity contribution in [2.45, 2.75) is 6.54 Å². The van der Waals surface area contributed by atoms with Crippen LogP contribution < -0.4 is 15.4 Å². The van der Waals surface area contributed by atoms with Crippen molar-refractivity contribution >= 4 is 17.4 Å². The maximum absolute atomic E-state index is 12.9. The maximum atomic E-state index is 12.9. The standard InChI is InChI=1S/C19H17FN4O2/c1-26-16-4-2-3-15(11-16)22-18-10-9-17(23-24-18)19(25)21-12-13-5-7-14(20)8-6-13/h2-11H,12H2,1H3,(H,21,25)(H,22,24). The van der Waals surface area contributed by atoms with E-state index >= 15 is 0 Å². The molecule has 0 unspecified atom stereocenters. The second kappa shape index (κ2) is 8.06. The van der Waals surface area contributed by atoms with Gasteiger partial charge >= 0.3 is 0 Å². The first kappa shape index (κ1) is 17.3. The minimum absolute atomic E-state index is 0.198. The molecular formula is C19H17FN4O2. The molecule has 0 fully saturated rings. The predicted octanol–water partition coefficient (Wildman–Crippen LogP) is 3.30. The van der Waals surface area contributed by atoms with Crippen molar-refractivity contribution in [2.75, 3.05) is 12.4 Å². The molecule has 1 aromatic heterocycles. The SMILES string of the molecule is COc1cccc(Nc2ccc(C(=O)NCc3ccc(F)cc3)nn2)c1. The average Bonchev–Trinajstić information content (AvgIpc) is 2.68. The minimum Gasteiger partial charge on any atom is -0.497 e. The highest BCUT2D eigenvalue weighted by Gasteiger charge is 2.08. The summed E-state index contributed by atoms with van der Waals surface area (Å²) in [6.45, 7) is 0.282. The zero-order valence-electron chi connectivity index (χ0n) is 14.1. The largest absolute Gasteiger partial charge is 0.497 e. The molecule has 3 rings (SSSR count). The van der Waals surface area contributed by atoms with Gasteiger partial charge in [-0.05, 0) is 42.0 Å². The summed E-state index contributed by atoms with van der Waals surface area (Å²) in [5.74, 6) is 0.563. The second-order valence-electron chi connectivity index (χ2n) is 5.47. The van der Waals surface area contributed by atoms with E-state index in [-0.39, 0.29) is 24.0 Å². The van der Waals surface area contributed by atoms with Crippen molar-refractivity contribution in [3.8, 4) is 5.75 Å². The van der Waals surface area contributed by atoms with E-state index in [9.17, 15) is 9.18 Å². The van der Waals surface area contributed by atoms with Crippen LogP contribution in [0.15, 0.2) is 60.7 Å². The quantitative estimate of drug-likeness (QED) is 0.712. The Morgan fingerprint density at radius 3 is 2.58 bits per heavy atom. The van der Waals surface area contributed by atoms with Crippen LogP contribution in [-0.4, -0.2) is 23.2 Å². The van der Waals surface area contributed by atoms with E-state index in [2.05, 4.69) is 20.8 Å². The van der Waals surface area contributed by atoms with Crippen LogP contribution in [0.1, 0.15) is 16.1 Å². The fourth-order valence-corrected chi connectivity index (χ4v) is 2.24. The Labute approximate surface area is 150 Å². The molecule has 0 spiro atoms. The number of amides is 1. The van der Waals surface area contributed by atoms with Crippen LogP contribution in [-0.2, 0) is 6.54 Å². The molecule has 0 aliphatic rings. The molecule has 6 nitrogen and oxygen atoms in total. The summed E-state index contributed by atoms with van der Waals surface area (Å²) < 4.78 is 18.0. The number of rotatable bonds is 6. The van der Waals surface area contributed by atoms with Crippen LogP contribution >= 0.6 is 0 Å². The number of carbonyl (C=O) groups is 1. The van der Waals surface area contributed by atoms with Gasteiger partial charge in [0.15, 0.2) is 11.5 Å². The Morgan fingerprint density at radius 2 is 1.88 bits per heavy atom. The number of hydrogen-bond acceptors (Lipinski definition) is 5. The molecular weight excluding hydrogens is 335 g/mol. The van der Waals surface area contributed by atoms with Crippen LogP contribution in [0.3, 0.4) is 0 Å². The van der Waals surface area contributed by atoms with Gasteiger partial charge in [0.2, 0.25) is 0 Å². The topological polar surface area (TPSA) is 76.1 Å². The number of nitrogens with zero attached hydrogens (tertiary/aromatic N) is 2. The summed E-state index contributed by atoms with van der Waals surface area (Å²) in [6, 6.07) is 16.6. The van der Waals surface area contributed by atoms with E-state index in [1.807, 2.05) is 24.3 Å². The van der Waals surface area contributed by atoms with Gasteiger partial charge in [0.1, 0.15) is 11.6 Å². The summed E-state index contributed by atoms with van der Waals surface area (Å²) in [6.07, 6.45) is 0. The van der Waals surface area contributed by atoms with Gasteiger partial charge in [-0.25, -0.2) is 4.39 Å². The number of halogens is 1. The zero-order valence-corrected chi connectivity index (χ0v) is 14.1. The molecule has 1 amide bonds. The van der Waals surface area contributed by atoms with Crippen molar-refractivity contribution in [1.82, 2.24) is 15.5 Å². The summed E-state index contributed by atoms with van der Waals surface area (Å²) >= 11 is 0. The van der Waals surface area contributed by atoms with Crippen LogP contribution in [0.25, 0.3) is 0 Å². The number of ether oxygens (including phenoxy) is 1. The Morgan fingerprint density at radius 1 is 1.08 bits per heavy atom. The first-order valence-corrected chi connectivity index (χ1v) is 7.91. The Kier molecular flexibility index (Phi) is 5.38. The third-order valence-corrected chi connectivity index (χ3v) is 3.61. The molecule has 0 bridgehead atoms. The average molecular weight is 352 g/mol. The molecule has 0 saturated heterocycles. The summed E-state index contributed by atoms with van der Waals surface area (Å²) in [7, 11) is 1.60. The molecule has 2 aromatic carbocycles. The maximum Gasteiger partial charge on any atom is 0.272 e. The predicted molar refractivity (Wildman–Crippen MR) is 95.9 cm³/mol. The van der Waals surface area contributed by atoms with Crippen molar-refractivity contribution < 1.29 is 13.9 Å². The molecule has 0 radical (unpaired) electrons. The number of aromatic nitrogens is 2. The van der Waals surface area contributed by atoms with E-state index in [1.165, 1.54) is 12.1 Å². The van der Waals surface area contributed by atoms with Crippen LogP contribution in [0.2, 0.25) is 0 Å². The molecule has 132 valence electrons. The lowest BCUT2D eigenvalue weighted by Gasteiger charge is -2.08. The highest BCUT2D eigenvalue weighted by molar-refractivity contribution is 5.92. The fourth-order valence-electron chi connectivity index (χ4n) is 2.24. The van der Waals surface area contributed by atoms with Crippen LogP contribution in [0.5, 0.6) is 5.75 Å². The summed E-state index contributed by atoms with van der Waals surface area (Å²) in [4.78, 5) is 12.1. The van der Waals surface area contributed by atoms with Gasteiger partial charge in [-0.2, -0.15) is 0 Å². The van der Waals surface area contributed by atoms with Crippen LogP contribution in [0, 0.1) is 5.82 Å². The minimum atomic E-state index is -0.352. The highest BCUT2D eigenvalue weighted by Crippen LogP contribution is 2.19. The van der Waals surface area contributed by atoms with E-state index in [0.29, 0.717) is 5.82 Å². The lowest BCUT2D eigenvalue weighted by atomic mass is 10.2. The molecule has 7 heteroatoms. The first-order chi connectivity index (χ1) is 12.6. The van der Waals surface area contributed by atoms with Crippen molar-refractivity contribution in [1.29, 1.82) is 0 Å². The van der Waals surface area contributed by atoms with E-state index in [1.54, 1.807) is 31.4 Å². The normalized spacial score (nSPS) is 10.2. The number of hydrogen-bond donors (Lipinski definition) is 2. The van der Waals surface area contributed by atoms with Gasteiger partial charge in [0.25, 0.3) is 5.91 Å². The van der Waals surface area contributed by atoms with Gasteiger partial charge in [0, 0.05) is 18.3 Å². The molecule has 0 aliphatic carbocycles. The smallest absolute Gasteiger partial charge is 0.272 e. The van der Waals surface area contributed by atoms with Gasteiger partial charge in [-0.1, -0.05) is 18.2 Å². The van der Waals surface area contributed by atoms with Crippen molar-refractivity contribution in [3.05, 3.63) is 77.7 Å². The molecule has 0 atom stereocenters.